The maximum absolute atomic E-state index is 11.1. The van der Waals surface area contributed by atoms with Crippen molar-refractivity contribution in [2.75, 3.05) is 13.2 Å². The zero-order valence-electron chi connectivity index (χ0n) is 14.9. The van der Waals surface area contributed by atoms with E-state index in [9.17, 15) is 8.42 Å². The van der Waals surface area contributed by atoms with Gasteiger partial charge in [-0.2, -0.15) is 8.42 Å². The van der Waals surface area contributed by atoms with E-state index >= 15 is 0 Å². The van der Waals surface area contributed by atoms with Gasteiger partial charge < -0.3 is 1.43 Å². The van der Waals surface area contributed by atoms with Gasteiger partial charge in [-0.25, -0.2) is 9.07 Å². The van der Waals surface area contributed by atoms with Crippen LogP contribution in [0.1, 0.15) is 79.5 Å². The Morgan fingerprint density at radius 1 is 0.810 bits per heavy atom. The van der Waals surface area contributed by atoms with E-state index in [1.807, 2.05) is 0 Å². The Kier molecular flexibility index (Phi) is 19.7. The fourth-order valence-electron chi connectivity index (χ4n) is 1.88. The molecule has 0 aliphatic carbocycles. The molecule has 0 unspecified atom stereocenters. The van der Waals surface area contributed by atoms with Crippen molar-refractivity contribution in [1.82, 2.24) is 0 Å². The van der Waals surface area contributed by atoms with E-state index in [0.717, 1.165) is 19.3 Å². The summed E-state index contributed by atoms with van der Waals surface area (Å²) in [4.78, 5) is 4.34. The summed E-state index contributed by atoms with van der Waals surface area (Å²) in [5.74, 6) is 0. The van der Waals surface area contributed by atoms with Crippen molar-refractivity contribution in [3.05, 3.63) is 0 Å². The standard InChI is InChI=1S/C14H30O5S.Na.H/c1-3-5-6-7-8-9-10-11-12-13-14-18-20(15,16)19-17-4-2;;/h3-14H2,1-2H3;;/q;+1;-1. The zero-order chi connectivity index (χ0) is 15.1. The van der Waals surface area contributed by atoms with Crippen LogP contribution in [0.3, 0.4) is 0 Å². The molecule has 0 fully saturated rings. The second-order valence-corrected chi connectivity index (χ2v) is 6.08. The van der Waals surface area contributed by atoms with Crippen LogP contribution in [0.2, 0.25) is 0 Å². The molecule has 0 heterocycles. The van der Waals surface area contributed by atoms with Crippen molar-refractivity contribution in [2.24, 2.45) is 0 Å². The van der Waals surface area contributed by atoms with Gasteiger partial charge in [0.2, 0.25) is 0 Å². The third kappa shape index (κ3) is 18.8. The number of hydrogen-bond acceptors (Lipinski definition) is 5. The molecule has 0 aliphatic rings. The average Bonchev–Trinajstić information content (AvgIpc) is 2.42. The number of rotatable bonds is 15. The molecule has 124 valence electrons. The molecule has 21 heavy (non-hydrogen) atoms. The van der Waals surface area contributed by atoms with Gasteiger partial charge in [0.1, 0.15) is 0 Å². The molecule has 0 saturated carbocycles. The van der Waals surface area contributed by atoms with Crippen LogP contribution < -0.4 is 29.6 Å². The van der Waals surface area contributed by atoms with Crippen molar-refractivity contribution in [1.29, 1.82) is 0 Å². The summed E-state index contributed by atoms with van der Waals surface area (Å²) >= 11 is 0. The molecule has 0 amide bonds. The molecule has 0 saturated heterocycles. The van der Waals surface area contributed by atoms with Crippen molar-refractivity contribution in [3.63, 3.8) is 0 Å². The van der Waals surface area contributed by atoms with Gasteiger partial charge in [-0.15, -0.1) is 0 Å². The van der Waals surface area contributed by atoms with Crippen molar-refractivity contribution in [2.45, 2.75) is 78.1 Å². The van der Waals surface area contributed by atoms with Crippen LogP contribution in [-0.2, 0) is 23.8 Å². The Labute approximate surface area is 154 Å². The molecule has 0 aromatic rings. The topological polar surface area (TPSA) is 61.8 Å². The molecule has 0 spiro atoms. The summed E-state index contributed by atoms with van der Waals surface area (Å²) in [6, 6.07) is 0. The predicted octanol–water partition coefficient (Wildman–Crippen LogP) is 1.25. The van der Waals surface area contributed by atoms with Crippen LogP contribution in [0.25, 0.3) is 0 Å². The quantitative estimate of drug-likeness (QED) is 0.195. The summed E-state index contributed by atoms with van der Waals surface area (Å²) in [5, 5.41) is 0. The zero-order valence-corrected chi connectivity index (χ0v) is 16.8. The Morgan fingerprint density at radius 3 is 1.76 bits per heavy atom. The minimum absolute atomic E-state index is 0. The van der Waals surface area contributed by atoms with Gasteiger partial charge in [0.25, 0.3) is 0 Å². The molecular formula is C14H31NaO5S. The monoisotopic (exact) mass is 334 g/mol. The Morgan fingerprint density at radius 2 is 1.29 bits per heavy atom. The first-order chi connectivity index (χ1) is 9.62. The van der Waals surface area contributed by atoms with Gasteiger partial charge in [0, 0.05) is 0 Å². The van der Waals surface area contributed by atoms with Gasteiger partial charge in [-0.05, 0) is 13.3 Å². The third-order valence-electron chi connectivity index (χ3n) is 2.97. The van der Waals surface area contributed by atoms with E-state index in [0.29, 0.717) is 0 Å². The van der Waals surface area contributed by atoms with Crippen molar-refractivity contribution >= 4 is 10.4 Å². The molecule has 0 aliphatic heterocycles. The van der Waals surface area contributed by atoms with Gasteiger partial charge in [0.15, 0.2) is 0 Å². The molecule has 0 aromatic carbocycles. The first-order valence-corrected chi connectivity index (χ1v) is 9.16. The van der Waals surface area contributed by atoms with Gasteiger partial charge in [-0.1, -0.05) is 69.0 Å². The second-order valence-electron chi connectivity index (χ2n) is 4.89. The number of hydrogen-bond donors (Lipinski definition) is 0. The van der Waals surface area contributed by atoms with Crippen LogP contribution in [0.15, 0.2) is 0 Å². The van der Waals surface area contributed by atoms with Crippen LogP contribution in [0, 0.1) is 0 Å². The molecule has 0 bridgehead atoms. The minimum atomic E-state index is -3.98. The largest absolute Gasteiger partial charge is 1.00 e. The van der Waals surface area contributed by atoms with Gasteiger partial charge in [0.05, 0.1) is 13.2 Å². The normalized spacial score (nSPS) is 11.3. The molecule has 7 heteroatoms. The Balaban J connectivity index is -0.00000180. The van der Waals surface area contributed by atoms with E-state index in [1.165, 1.54) is 44.9 Å². The molecular weight excluding hydrogens is 303 g/mol. The molecule has 0 radical (unpaired) electrons. The van der Waals surface area contributed by atoms with E-state index in [-0.39, 0.29) is 44.2 Å². The van der Waals surface area contributed by atoms with Crippen molar-refractivity contribution in [3.8, 4) is 0 Å². The summed E-state index contributed by atoms with van der Waals surface area (Å²) in [7, 11) is -3.98. The summed E-state index contributed by atoms with van der Waals surface area (Å²) in [6.45, 7) is 4.19. The Bertz CT molecular complexity index is 302. The van der Waals surface area contributed by atoms with E-state index in [1.54, 1.807) is 6.92 Å². The average molecular weight is 334 g/mol. The fourth-order valence-corrected chi connectivity index (χ4v) is 2.45. The van der Waals surface area contributed by atoms with Crippen LogP contribution in [0.4, 0.5) is 0 Å². The summed E-state index contributed by atoms with van der Waals surface area (Å²) in [5.41, 5.74) is 0. The third-order valence-corrected chi connectivity index (χ3v) is 3.69. The van der Waals surface area contributed by atoms with E-state index < -0.39 is 10.4 Å². The van der Waals surface area contributed by atoms with Crippen LogP contribution in [-0.4, -0.2) is 21.6 Å². The van der Waals surface area contributed by atoms with E-state index in [4.69, 9.17) is 0 Å². The van der Waals surface area contributed by atoms with Crippen LogP contribution >= 0.6 is 0 Å². The molecule has 0 N–H and O–H groups in total. The SMILES string of the molecule is CCCCCCCCCCCCOS(=O)(=O)OOCC.[H-].[Na+]. The maximum atomic E-state index is 11.1. The molecule has 0 rings (SSSR count). The number of unbranched alkanes of at least 4 members (excludes halogenated alkanes) is 9. The molecule has 0 aromatic heterocycles. The first kappa shape index (κ1) is 24.1. The smallest absolute Gasteiger partial charge is 1.00 e. The molecule has 5 nitrogen and oxygen atoms in total. The van der Waals surface area contributed by atoms with Crippen molar-refractivity contribution < 1.29 is 52.8 Å². The van der Waals surface area contributed by atoms with Crippen LogP contribution in [0.5, 0.6) is 0 Å². The Hall–Kier alpha value is 0.830. The summed E-state index contributed by atoms with van der Waals surface area (Å²) in [6.07, 6.45) is 12.0. The van der Waals surface area contributed by atoms with Gasteiger partial charge in [-0.3, -0.25) is 0 Å². The fraction of sp³-hybridized carbons (Fsp3) is 1.00. The second kappa shape index (κ2) is 17.2. The first-order valence-electron chi connectivity index (χ1n) is 7.82. The summed E-state index contributed by atoms with van der Waals surface area (Å²) < 4.78 is 30.9. The predicted molar refractivity (Wildman–Crippen MR) is 80.5 cm³/mol. The van der Waals surface area contributed by atoms with E-state index in [2.05, 4.69) is 20.3 Å². The molecule has 0 atom stereocenters. The minimum Gasteiger partial charge on any atom is -1.00 e. The maximum Gasteiger partial charge on any atom is 1.00 e. The van der Waals surface area contributed by atoms with Gasteiger partial charge >= 0.3 is 40.0 Å².